The Labute approximate surface area is 138 Å². The predicted molar refractivity (Wildman–Crippen MR) is 92.7 cm³/mol. The Morgan fingerprint density at radius 1 is 1.52 bits per heavy atom. The fraction of sp³-hybridized carbons (Fsp3) is 0.529. The normalized spacial score (nSPS) is 10.2. The molecule has 0 bridgehead atoms. The third-order valence-corrected chi connectivity index (χ3v) is 3.00. The van der Waals surface area contributed by atoms with Gasteiger partial charge in [0.2, 0.25) is 6.41 Å². The smallest absolute Gasteiger partial charge is 0.272 e. The molecule has 0 spiro atoms. The number of amides is 2. The van der Waals surface area contributed by atoms with Crippen LogP contribution in [0.1, 0.15) is 44.5 Å². The second-order valence-electron chi connectivity index (χ2n) is 4.54. The molecule has 0 saturated carbocycles. The van der Waals surface area contributed by atoms with Crippen molar-refractivity contribution in [1.29, 1.82) is 0 Å². The third-order valence-electron chi connectivity index (χ3n) is 3.00. The number of allylic oxidation sites excluding steroid dienone is 1. The van der Waals surface area contributed by atoms with E-state index >= 15 is 0 Å². The van der Waals surface area contributed by atoms with Crippen LogP contribution in [0, 0.1) is 6.92 Å². The first kappa shape index (κ1) is 23.2. The summed E-state index contributed by atoms with van der Waals surface area (Å²) in [5.41, 5.74) is 3.03. The highest BCUT2D eigenvalue weighted by molar-refractivity contribution is 5.82. The van der Waals surface area contributed by atoms with E-state index in [2.05, 4.69) is 16.9 Å². The van der Waals surface area contributed by atoms with Crippen LogP contribution >= 0.6 is 0 Å². The average molecular weight is 327 g/mol. The summed E-state index contributed by atoms with van der Waals surface area (Å²) >= 11 is 0. The second kappa shape index (κ2) is 13.5. The van der Waals surface area contributed by atoms with Crippen molar-refractivity contribution in [1.82, 2.24) is 15.4 Å². The molecular weight excluding hydrogens is 297 g/mol. The maximum Gasteiger partial charge on any atom is 0.272 e. The Balaban J connectivity index is 0. The molecule has 0 radical (unpaired) electrons. The fourth-order valence-electron chi connectivity index (χ4n) is 1.90. The summed E-state index contributed by atoms with van der Waals surface area (Å²) in [5.74, 6) is -0.763. The monoisotopic (exact) mass is 327 g/mol. The van der Waals surface area contributed by atoms with Crippen LogP contribution in [-0.2, 0) is 22.4 Å². The maximum atomic E-state index is 12.9. The number of nitrogens with one attached hydrogen (secondary N) is 2. The molecule has 0 aliphatic carbocycles. The number of aromatic amines is 1. The highest BCUT2D eigenvalue weighted by Crippen LogP contribution is 2.15. The first-order chi connectivity index (χ1) is 10.9. The van der Waals surface area contributed by atoms with Crippen LogP contribution in [0.5, 0.6) is 0 Å². The molecule has 2 amide bonds. The summed E-state index contributed by atoms with van der Waals surface area (Å²) in [6.45, 7) is 13.2. The van der Waals surface area contributed by atoms with Crippen LogP contribution in [0.25, 0.3) is 0 Å². The standard InChI is InChI=1S/C12H18FN3O2.C3H6.C2H6/c1-4-10-8(2)9(6-14-10)5-11(15-7-17)12(18)16(3)13;1-3-2;1-2/h6-7,11,14H,4-5H2,1-3H3,(H,15,17);3H,1H2,2H3;1-2H3. The van der Waals surface area contributed by atoms with E-state index in [1.165, 1.54) is 0 Å². The van der Waals surface area contributed by atoms with E-state index in [0.29, 0.717) is 6.41 Å². The number of H-pyrrole nitrogens is 1. The Morgan fingerprint density at radius 3 is 2.39 bits per heavy atom. The van der Waals surface area contributed by atoms with Crippen LogP contribution in [0.3, 0.4) is 0 Å². The van der Waals surface area contributed by atoms with Gasteiger partial charge in [0, 0.05) is 25.4 Å². The van der Waals surface area contributed by atoms with E-state index in [-0.39, 0.29) is 11.5 Å². The van der Waals surface area contributed by atoms with Gasteiger partial charge >= 0.3 is 0 Å². The van der Waals surface area contributed by atoms with Crippen molar-refractivity contribution >= 4 is 12.3 Å². The topological polar surface area (TPSA) is 65.2 Å². The summed E-state index contributed by atoms with van der Waals surface area (Å²) in [7, 11) is 1.02. The molecular formula is C17H30FN3O2. The lowest BCUT2D eigenvalue weighted by molar-refractivity contribution is -0.146. The Kier molecular flexibility index (Phi) is 13.6. The van der Waals surface area contributed by atoms with Gasteiger partial charge in [-0.05, 0) is 31.4 Å². The summed E-state index contributed by atoms with van der Waals surface area (Å²) in [5, 5.41) is 2.33. The Hall–Kier alpha value is -2.11. The van der Waals surface area contributed by atoms with Gasteiger partial charge < -0.3 is 10.3 Å². The van der Waals surface area contributed by atoms with E-state index in [1.807, 2.05) is 34.6 Å². The molecule has 1 atom stereocenters. The van der Waals surface area contributed by atoms with E-state index < -0.39 is 11.9 Å². The third kappa shape index (κ3) is 8.18. The highest BCUT2D eigenvalue weighted by atomic mass is 19.2. The van der Waals surface area contributed by atoms with E-state index in [1.54, 1.807) is 12.3 Å². The van der Waals surface area contributed by atoms with Crippen molar-refractivity contribution in [3.05, 3.63) is 35.7 Å². The number of rotatable bonds is 6. The number of halogens is 1. The van der Waals surface area contributed by atoms with Crippen molar-refractivity contribution in [3.63, 3.8) is 0 Å². The van der Waals surface area contributed by atoms with E-state index in [9.17, 15) is 14.1 Å². The molecule has 0 aromatic carbocycles. The lowest BCUT2D eigenvalue weighted by Gasteiger charge is -2.16. The van der Waals surface area contributed by atoms with Gasteiger partial charge in [0.25, 0.3) is 5.91 Å². The zero-order valence-corrected chi connectivity index (χ0v) is 15.1. The average Bonchev–Trinajstić information content (AvgIpc) is 2.89. The largest absolute Gasteiger partial charge is 0.364 e. The van der Waals surface area contributed by atoms with Crippen molar-refractivity contribution in [2.45, 2.75) is 53.5 Å². The number of carbonyl (C=O) groups is 2. The molecule has 0 fully saturated rings. The summed E-state index contributed by atoms with van der Waals surface area (Å²) in [6, 6.07) is -0.878. The first-order valence-electron chi connectivity index (χ1n) is 7.78. The van der Waals surface area contributed by atoms with Gasteiger partial charge in [-0.15, -0.1) is 6.58 Å². The number of carbonyl (C=O) groups excluding carboxylic acids is 2. The van der Waals surface area contributed by atoms with E-state index in [4.69, 9.17) is 0 Å². The fourth-order valence-corrected chi connectivity index (χ4v) is 1.90. The van der Waals surface area contributed by atoms with Crippen molar-refractivity contribution in [2.75, 3.05) is 7.05 Å². The SMILES string of the molecule is C=CC.CC.CCc1[nH]cc(CC(NC=O)C(=O)N(C)F)c1C. The van der Waals surface area contributed by atoms with Gasteiger partial charge in [0.1, 0.15) is 6.04 Å². The van der Waals surface area contributed by atoms with Crippen molar-refractivity contribution < 1.29 is 14.1 Å². The second-order valence-corrected chi connectivity index (χ2v) is 4.54. The van der Waals surface area contributed by atoms with Crippen LogP contribution in [0.15, 0.2) is 18.9 Å². The molecule has 1 aromatic heterocycles. The van der Waals surface area contributed by atoms with Crippen LogP contribution in [0.4, 0.5) is 4.48 Å². The van der Waals surface area contributed by atoms with Gasteiger partial charge in [-0.3, -0.25) is 9.59 Å². The molecule has 1 unspecified atom stereocenters. The minimum atomic E-state index is -0.878. The maximum absolute atomic E-state index is 12.9. The summed E-state index contributed by atoms with van der Waals surface area (Å²) < 4.78 is 12.9. The molecule has 132 valence electrons. The number of hydrogen-bond donors (Lipinski definition) is 2. The lowest BCUT2D eigenvalue weighted by atomic mass is 10.0. The number of aryl methyl sites for hydroxylation is 1. The minimum absolute atomic E-state index is 0.0100. The summed E-state index contributed by atoms with van der Waals surface area (Å²) in [6.07, 6.45) is 5.08. The highest BCUT2D eigenvalue weighted by Gasteiger charge is 2.23. The quantitative estimate of drug-likeness (QED) is 0.479. The zero-order chi connectivity index (χ0) is 18.4. The summed E-state index contributed by atoms with van der Waals surface area (Å²) in [4.78, 5) is 25.1. The van der Waals surface area contributed by atoms with Gasteiger partial charge in [-0.2, -0.15) is 5.12 Å². The molecule has 0 saturated heterocycles. The molecule has 1 rings (SSSR count). The minimum Gasteiger partial charge on any atom is -0.364 e. The Morgan fingerprint density at radius 2 is 2.04 bits per heavy atom. The van der Waals surface area contributed by atoms with Crippen molar-refractivity contribution in [3.8, 4) is 0 Å². The predicted octanol–water partition coefficient (Wildman–Crippen LogP) is 3.10. The Bertz CT molecular complexity index is 470. The molecule has 1 heterocycles. The molecule has 23 heavy (non-hydrogen) atoms. The van der Waals surface area contributed by atoms with Gasteiger partial charge in [0.05, 0.1) is 0 Å². The van der Waals surface area contributed by atoms with Gasteiger partial charge in [-0.25, -0.2) is 0 Å². The van der Waals surface area contributed by atoms with Gasteiger partial charge in [0.15, 0.2) is 0 Å². The zero-order valence-electron chi connectivity index (χ0n) is 15.1. The number of likely N-dealkylation sites (N-methyl/N-ethyl adjacent to an activating group) is 1. The number of hydrogen-bond acceptors (Lipinski definition) is 2. The van der Waals surface area contributed by atoms with Crippen LogP contribution in [0.2, 0.25) is 0 Å². The number of nitrogens with zero attached hydrogens (tertiary/aromatic N) is 1. The molecule has 5 nitrogen and oxygen atoms in total. The van der Waals surface area contributed by atoms with Crippen LogP contribution in [-0.4, -0.2) is 35.5 Å². The number of aromatic nitrogens is 1. The van der Waals surface area contributed by atoms with Crippen molar-refractivity contribution in [2.24, 2.45) is 0 Å². The molecule has 6 heteroatoms. The van der Waals surface area contributed by atoms with Crippen LogP contribution < -0.4 is 5.32 Å². The first-order valence-corrected chi connectivity index (χ1v) is 7.78. The molecule has 0 aliphatic heterocycles. The molecule has 0 aliphatic rings. The molecule has 2 N–H and O–H groups in total. The van der Waals surface area contributed by atoms with Gasteiger partial charge in [-0.1, -0.05) is 31.3 Å². The lowest BCUT2D eigenvalue weighted by Crippen LogP contribution is -2.43. The van der Waals surface area contributed by atoms with E-state index in [0.717, 1.165) is 30.3 Å². The molecule has 1 aromatic rings.